The molecule has 2 aliphatic rings. The summed E-state index contributed by atoms with van der Waals surface area (Å²) in [7, 11) is 0. The van der Waals surface area contributed by atoms with Crippen LogP contribution in [0.4, 0.5) is 5.69 Å². The highest BCUT2D eigenvalue weighted by atomic mass is 35.5. The third-order valence-electron chi connectivity index (χ3n) is 8.73. The van der Waals surface area contributed by atoms with Gasteiger partial charge in [0.2, 0.25) is 0 Å². The average Bonchev–Trinajstić information content (AvgIpc) is 3.94. The van der Waals surface area contributed by atoms with Crippen molar-refractivity contribution in [2.75, 3.05) is 57.3 Å². The zero-order chi connectivity index (χ0) is 37.3. The summed E-state index contributed by atoms with van der Waals surface area (Å²) in [5, 5.41) is 27.0. The van der Waals surface area contributed by atoms with Crippen molar-refractivity contribution in [2.45, 2.75) is 0 Å². The van der Waals surface area contributed by atoms with E-state index in [1.54, 1.807) is 30.3 Å². The number of para-hydroxylation sites is 2. The molecule has 6 heterocycles. The largest absolute Gasteiger partial charge is 0.366 e. The fraction of sp³-hybridized carbons (Fsp3) is 0.211. The Morgan fingerprint density at radius 1 is 0.642 bits per heavy atom. The number of nitriles is 2. The van der Waals surface area contributed by atoms with E-state index in [-0.39, 0.29) is 33.5 Å². The van der Waals surface area contributed by atoms with E-state index in [0.717, 1.165) is 41.3 Å². The van der Waals surface area contributed by atoms with Gasteiger partial charge in [-0.05, 0) is 35.0 Å². The van der Waals surface area contributed by atoms with Crippen LogP contribution in [0, 0.1) is 22.7 Å². The Balaban J connectivity index is 0.000000150. The number of hydrogen-bond donors (Lipinski definition) is 3. The highest BCUT2D eigenvalue weighted by Gasteiger charge is 2.26. The minimum atomic E-state index is -0.448. The predicted molar refractivity (Wildman–Crippen MR) is 209 cm³/mol. The van der Waals surface area contributed by atoms with Gasteiger partial charge in [-0.2, -0.15) is 10.5 Å². The molecule has 0 aliphatic carbocycles. The Morgan fingerprint density at radius 2 is 1.13 bits per heavy atom. The Kier molecular flexibility index (Phi) is 12.0. The zero-order valence-corrected chi connectivity index (χ0v) is 30.7. The smallest absolute Gasteiger partial charge is 0.268 e. The highest BCUT2D eigenvalue weighted by molar-refractivity contribution is 7.12. The molecule has 0 unspecified atom stereocenters. The molecule has 2 aliphatic heterocycles. The summed E-state index contributed by atoms with van der Waals surface area (Å²) < 4.78 is 0. The number of nitrogens with one attached hydrogen (secondary N) is 3. The first-order valence-electron chi connectivity index (χ1n) is 16.7. The van der Waals surface area contributed by atoms with E-state index in [4.69, 9.17) is 16.9 Å². The predicted octanol–water partition coefficient (Wildman–Crippen LogP) is 5.27. The normalized spacial score (nSPS) is 14.0. The van der Waals surface area contributed by atoms with Crippen LogP contribution in [-0.2, 0) is 0 Å². The van der Waals surface area contributed by atoms with Crippen LogP contribution in [0.25, 0.3) is 21.8 Å². The van der Waals surface area contributed by atoms with E-state index in [1.807, 2.05) is 80.1 Å². The number of pyridine rings is 2. The van der Waals surface area contributed by atoms with Crippen LogP contribution in [0.15, 0.2) is 93.1 Å². The topological polar surface area (TPSA) is 169 Å². The molecule has 15 heteroatoms. The summed E-state index contributed by atoms with van der Waals surface area (Å²) in [6.07, 6.45) is 0. The first kappa shape index (κ1) is 37.0. The Hall–Kier alpha value is -5.77. The number of halogens is 1. The Bertz CT molecular complexity index is 2440. The van der Waals surface area contributed by atoms with Crippen LogP contribution < -0.4 is 21.3 Å². The van der Waals surface area contributed by atoms with Gasteiger partial charge in [0, 0.05) is 68.6 Å². The second-order valence-corrected chi connectivity index (χ2v) is 14.2. The van der Waals surface area contributed by atoms with Gasteiger partial charge in [-0.15, -0.1) is 22.7 Å². The van der Waals surface area contributed by atoms with Crippen molar-refractivity contribution in [3.05, 3.63) is 130 Å². The lowest BCUT2D eigenvalue weighted by atomic mass is 10.1. The van der Waals surface area contributed by atoms with Crippen molar-refractivity contribution in [1.82, 2.24) is 25.1 Å². The van der Waals surface area contributed by atoms with Crippen LogP contribution in [0.2, 0.25) is 5.02 Å². The molecule has 53 heavy (non-hydrogen) atoms. The fourth-order valence-electron chi connectivity index (χ4n) is 6.07. The maximum Gasteiger partial charge on any atom is 0.268 e. The number of piperazine rings is 2. The van der Waals surface area contributed by atoms with E-state index >= 15 is 0 Å². The first-order chi connectivity index (χ1) is 25.8. The summed E-state index contributed by atoms with van der Waals surface area (Å²) in [6.45, 7) is 5.77. The van der Waals surface area contributed by atoms with E-state index in [1.165, 1.54) is 22.7 Å². The van der Waals surface area contributed by atoms with E-state index in [0.29, 0.717) is 48.3 Å². The van der Waals surface area contributed by atoms with Gasteiger partial charge in [-0.1, -0.05) is 60.1 Å². The molecule has 2 fully saturated rings. The summed E-state index contributed by atoms with van der Waals surface area (Å²) in [4.78, 5) is 60.6. The summed E-state index contributed by atoms with van der Waals surface area (Å²) in [6, 6.07) is 25.9. The number of aromatic amines is 2. The number of rotatable bonds is 3. The van der Waals surface area contributed by atoms with E-state index in [9.17, 15) is 24.4 Å². The molecule has 268 valence electrons. The maximum absolute atomic E-state index is 12.5. The second-order valence-electron chi connectivity index (χ2n) is 11.9. The number of hydrogen-bond acceptors (Lipinski definition) is 10. The first-order valence-corrected chi connectivity index (χ1v) is 18.8. The van der Waals surface area contributed by atoms with E-state index in [2.05, 4.69) is 15.3 Å². The van der Waals surface area contributed by atoms with Crippen molar-refractivity contribution in [3.8, 4) is 12.1 Å². The zero-order valence-electron chi connectivity index (χ0n) is 28.3. The van der Waals surface area contributed by atoms with E-state index < -0.39 is 5.56 Å². The third-order valence-corrected chi connectivity index (χ3v) is 10.8. The van der Waals surface area contributed by atoms with Gasteiger partial charge in [0.05, 0.1) is 26.0 Å². The molecule has 2 amide bonds. The van der Waals surface area contributed by atoms with Crippen LogP contribution in [-0.4, -0.2) is 83.9 Å². The molecule has 0 atom stereocenters. The van der Waals surface area contributed by atoms with Gasteiger partial charge in [-0.25, -0.2) is 0 Å². The summed E-state index contributed by atoms with van der Waals surface area (Å²) in [5.74, 6) is 0.215. The standard InChI is InChI=1S/C19H16N4O2S.C10H5ClN2O.C9H12N2OS/c20-12-14-17(13-4-1-2-5-15(13)21-18(14)24)22-7-9-23(10-8-22)19(25)16-6-3-11-26-16;11-9-6-3-1-2-4-8(6)13-10(14)7(9)5-12;12-9(8-2-1-7-13-8)11-5-3-10-4-6-11/h1-6,11H,7-10H2,(H,21,24);1-4H,(H,13,14);1-2,7,10H,3-6H2. The van der Waals surface area contributed by atoms with Crippen molar-refractivity contribution >= 4 is 73.6 Å². The summed E-state index contributed by atoms with van der Waals surface area (Å²) in [5.41, 5.74) is 1.28. The molecule has 3 N–H and O–H groups in total. The molecule has 4 aromatic heterocycles. The molecule has 0 saturated carbocycles. The molecule has 0 radical (unpaired) electrons. The lowest BCUT2D eigenvalue weighted by molar-refractivity contribution is 0.0737. The van der Waals surface area contributed by atoms with Gasteiger partial charge < -0.3 is 30.0 Å². The van der Waals surface area contributed by atoms with Gasteiger partial charge in [-0.3, -0.25) is 19.2 Å². The quantitative estimate of drug-likeness (QED) is 0.219. The number of nitrogens with zero attached hydrogens (tertiary/aromatic N) is 5. The van der Waals surface area contributed by atoms with Gasteiger partial charge >= 0.3 is 0 Å². The average molecular weight is 765 g/mol. The molecule has 6 aromatic rings. The molecule has 2 aromatic carbocycles. The maximum atomic E-state index is 12.5. The van der Waals surface area contributed by atoms with Crippen molar-refractivity contribution in [3.63, 3.8) is 0 Å². The lowest BCUT2D eigenvalue weighted by Crippen LogP contribution is -2.49. The monoisotopic (exact) mass is 764 g/mol. The number of aromatic nitrogens is 2. The van der Waals surface area contributed by atoms with Gasteiger partial charge in [0.15, 0.2) is 0 Å². The molecule has 2 saturated heterocycles. The highest BCUT2D eigenvalue weighted by Crippen LogP contribution is 2.29. The molecule has 0 spiro atoms. The Labute approximate surface area is 317 Å². The number of anilines is 1. The number of thiophene rings is 2. The SMILES string of the molecule is N#Cc1c(Cl)c2ccccc2[nH]c1=O.N#Cc1c(N2CCN(C(=O)c3cccs3)CC2)c2ccccc2[nH]c1=O.O=C(c1cccs1)N1CCNCC1. The lowest BCUT2D eigenvalue weighted by Gasteiger charge is -2.36. The fourth-order valence-corrected chi connectivity index (χ4v) is 7.75. The van der Waals surface area contributed by atoms with Gasteiger partial charge in [0.1, 0.15) is 23.3 Å². The van der Waals surface area contributed by atoms with Crippen LogP contribution in [0.5, 0.6) is 0 Å². The Morgan fingerprint density at radius 3 is 1.66 bits per heavy atom. The number of H-pyrrole nitrogens is 2. The number of carbonyl (C=O) groups is 2. The van der Waals surface area contributed by atoms with Crippen LogP contribution >= 0.6 is 34.3 Å². The number of fused-ring (bicyclic) bond motifs is 2. The molecule has 0 bridgehead atoms. The minimum Gasteiger partial charge on any atom is -0.366 e. The second kappa shape index (κ2) is 17.2. The van der Waals surface area contributed by atoms with Crippen molar-refractivity contribution < 1.29 is 9.59 Å². The van der Waals surface area contributed by atoms with Crippen molar-refractivity contribution in [1.29, 1.82) is 10.5 Å². The molecule has 8 rings (SSSR count). The third kappa shape index (κ3) is 8.32. The van der Waals surface area contributed by atoms with Crippen LogP contribution in [0.3, 0.4) is 0 Å². The van der Waals surface area contributed by atoms with Gasteiger partial charge in [0.25, 0.3) is 22.9 Å². The number of benzene rings is 2. The molecular formula is C38H33ClN8O4S2. The minimum absolute atomic E-state index is 0.0367. The van der Waals surface area contributed by atoms with Crippen molar-refractivity contribution in [2.24, 2.45) is 0 Å². The summed E-state index contributed by atoms with van der Waals surface area (Å²) >= 11 is 8.86. The van der Waals surface area contributed by atoms with Crippen LogP contribution in [0.1, 0.15) is 30.5 Å². The number of carbonyl (C=O) groups excluding carboxylic acids is 2. The number of amides is 2. The molecular weight excluding hydrogens is 732 g/mol. The molecule has 12 nitrogen and oxygen atoms in total.